The summed E-state index contributed by atoms with van der Waals surface area (Å²) in [5, 5.41) is 10.3. The van der Waals surface area contributed by atoms with Crippen LogP contribution in [0.4, 0.5) is 0 Å². The van der Waals surface area contributed by atoms with Crippen LogP contribution in [0.1, 0.15) is 46.0 Å². The van der Waals surface area contributed by atoms with Gasteiger partial charge in [0, 0.05) is 11.3 Å². The molecule has 94 valence electrons. The van der Waals surface area contributed by atoms with E-state index in [4.69, 9.17) is 4.74 Å². The van der Waals surface area contributed by atoms with Crippen LogP contribution in [0.5, 0.6) is 0 Å². The summed E-state index contributed by atoms with van der Waals surface area (Å²) in [7, 11) is 0. The normalized spacial score (nSPS) is 45.4. The number of hydrogen-bond donors (Lipinski definition) is 1. The molecule has 4 atom stereocenters. The highest BCUT2D eigenvalue weighted by Gasteiger charge is 2.52. The first-order valence-electron chi connectivity index (χ1n) is 6.60. The molecule has 0 spiro atoms. The van der Waals surface area contributed by atoms with Crippen LogP contribution in [0.2, 0.25) is 0 Å². The molecule has 0 radical (unpaired) electrons. The number of aliphatic hydroxyl groups is 1. The molecule has 0 aromatic heterocycles. The molecular weight excluding hydrogens is 216 g/mol. The smallest absolute Gasteiger partial charge is 0.306 e. The molecule has 0 aromatic carbocycles. The van der Waals surface area contributed by atoms with E-state index in [9.17, 15) is 9.90 Å². The fraction of sp³-hybridized carbons (Fsp3) is 0.786. The number of fused-ring (bicyclic) bond motifs is 3. The van der Waals surface area contributed by atoms with Crippen molar-refractivity contribution in [1.29, 1.82) is 0 Å². The summed E-state index contributed by atoms with van der Waals surface area (Å²) < 4.78 is 5.51. The van der Waals surface area contributed by atoms with Gasteiger partial charge in [-0.25, -0.2) is 0 Å². The monoisotopic (exact) mass is 236 g/mol. The average Bonchev–Trinajstić information content (AvgIpc) is 2.64. The maximum absolute atomic E-state index is 11.5. The molecule has 0 bridgehead atoms. The van der Waals surface area contributed by atoms with Crippen molar-refractivity contribution < 1.29 is 14.6 Å². The second kappa shape index (κ2) is 3.58. The lowest BCUT2D eigenvalue weighted by Gasteiger charge is -2.48. The zero-order chi connectivity index (χ0) is 12.2. The third-order valence-electron chi connectivity index (χ3n) is 5.04. The third kappa shape index (κ3) is 1.48. The summed E-state index contributed by atoms with van der Waals surface area (Å²) in [5.74, 6) is 0.287. The van der Waals surface area contributed by atoms with Crippen LogP contribution < -0.4 is 0 Å². The SMILES string of the molecule is CC1=C2[C@H]3OC(=O)C[C@@H]3CC[C@]2(C)[C@H](O)CC1. The summed E-state index contributed by atoms with van der Waals surface area (Å²) in [5.41, 5.74) is 2.41. The van der Waals surface area contributed by atoms with Gasteiger partial charge in [0.2, 0.25) is 0 Å². The van der Waals surface area contributed by atoms with Crippen LogP contribution in [0.15, 0.2) is 11.1 Å². The maximum atomic E-state index is 11.5. The van der Waals surface area contributed by atoms with Gasteiger partial charge in [0.05, 0.1) is 12.5 Å². The molecule has 0 amide bonds. The standard InChI is InChI=1S/C14H20O3/c1-8-3-4-10(15)14(2)6-5-9-7-11(16)17-13(9)12(8)14/h9-10,13,15H,3-7H2,1-2H3/t9-,10+,13-,14+/m0/s1. The molecular formula is C14H20O3. The van der Waals surface area contributed by atoms with E-state index in [-0.39, 0.29) is 23.6 Å². The number of hydrogen-bond acceptors (Lipinski definition) is 3. The van der Waals surface area contributed by atoms with E-state index in [1.165, 1.54) is 11.1 Å². The first-order chi connectivity index (χ1) is 8.02. The Morgan fingerprint density at radius 3 is 2.94 bits per heavy atom. The third-order valence-corrected chi connectivity index (χ3v) is 5.04. The Labute approximate surface area is 102 Å². The first kappa shape index (κ1) is 11.3. The predicted molar refractivity (Wildman–Crippen MR) is 63.3 cm³/mol. The Balaban J connectivity index is 2.05. The van der Waals surface area contributed by atoms with Crippen molar-refractivity contribution in [3.05, 3.63) is 11.1 Å². The summed E-state index contributed by atoms with van der Waals surface area (Å²) in [4.78, 5) is 11.5. The van der Waals surface area contributed by atoms with E-state index in [0.29, 0.717) is 12.3 Å². The summed E-state index contributed by atoms with van der Waals surface area (Å²) in [6.45, 7) is 4.27. The van der Waals surface area contributed by atoms with Gasteiger partial charge in [0.1, 0.15) is 6.10 Å². The van der Waals surface area contributed by atoms with Gasteiger partial charge in [0.25, 0.3) is 0 Å². The molecule has 0 unspecified atom stereocenters. The quantitative estimate of drug-likeness (QED) is 0.518. The van der Waals surface area contributed by atoms with E-state index in [1.54, 1.807) is 0 Å². The zero-order valence-corrected chi connectivity index (χ0v) is 10.5. The van der Waals surface area contributed by atoms with Crippen LogP contribution in [0, 0.1) is 11.3 Å². The van der Waals surface area contributed by atoms with Gasteiger partial charge in [-0.1, -0.05) is 12.5 Å². The highest BCUT2D eigenvalue weighted by Crippen LogP contribution is 2.54. The van der Waals surface area contributed by atoms with Crippen molar-refractivity contribution in [2.24, 2.45) is 11.3 Å². The number of carbonyl (C=O) groups is 1. The van der Waals surface area contributed by atoms with E-state index in [0.717, 1.165) is 25.7 Å². The van der Waals surface area contributed by atoms with Gasteiger partial charge in [-0.05, 0) is 38.2 Å². The summed E-state index contributed by atoms with van der Waals surface area (Å²) >= 11 is 0. The van der Waals surface area contributed by atoms with Crippen molar-refractivity contribution in [2.45, 2.75) is 58.2 Å². The molecule has 3 rings (SSSR count). The van der Waals surface area contributed by atoms with Gasteiger partial charge < -0.3 is 9.84 Å². The Morgan fingerprint density at radius 1 is 1.41 bits per heavy atom. The lowest BCUT2D eigenvalue weighted by atomic mass is 9.59. The highest BCUT2D eigenvalue weighted by atomic mass is 16.6. The minimum atomic E-state index is -0.276. The molecule has 17 heavy (non-hydrogen) atoms. The molecule has 3 nitrogen and oxygen atoms in total. The molecule has 0 aromatic rings. The minimum absolute atomic E-state index is 0.0452. The van der Waals surface area contributed by atoms with E-state index in [2.05, 4.69) is 13.8 Å². The molecule has 1 heterocycles. The number of ether oxygens (including phenoxy) is 1. The number of esters is 1. The molecule has 3 aliphatic rings. The second-order valence-electron chi connectivity index (χ2n) is 6.08. The van der Waals surface area contributed by atoms with Crippen molar-refractivity contribution in [2.75, 3.05) is 0 Å². The molecule has 2 aliphatic carbocycles. The fourth-order valence-electron chi connectivity index (χ4n) is 3.98. The number of carbonyl (C=O) groups excluding carboxylic acids is 1. The topological polar surface area (TPSA) is 46.5 Å². The Bertz CT molecular complexity index is 398. The van der Waals surface area contributed by atoms with Crippen molar-refractivity contribution >= 4 is 5.97 Å². The van der Waals surface area contributed by atoms with Crippen molar-refractivity contribution in [1.82, 2.24) is 0 Å². The van der Waals surface area contributed by atoms with Crippen molar-refractivity contribution in [3.8, 4) is 0 Å². The number of allylic oxidation sites excluding steroid dienone is 1. The van der Waals surface area contributed by atoms with Crippen LogP contribution in [-0.4, -0.2) is 23.3 Å². The van der Waals surface area contributed by atoms with E-state index >= 15 is 0 Å². The Kier molecular flexibility index (Phi) is 2.37. The summed E-state index contributed by atoms with van der Waals surface area (Å²) in [6, 6.07) is 0. The molecule has 1 saturated heterocycles. The lowest BCUT2D eigenvalue weighted by molar-refractivity contribution is -0.141. The fourth-order valence-corrected chi connectivity index (χ4v) is 3.98. The Morgan fingerprint density at radius 2 is 2.18 bits per heavy atom. The van der Waals surface area contributed by atoms with E-state index < -0.39 is 0 Å². The van der Waals surface area contributed by atoms with Crippen LogP contribution in [0.3, 0.4) is 0 Å². The molecule has 1 saturated carbocycles. The largest absolute Gasteiger partial charge is 0.457 e. The number of rotatable bonds is 0. The minimum Gasteiger partial charge on any atom is -0.457 e. The lowest BCUT2D eigenvalue weighted by Crippen LogP contribution is -2.46. The van der Waals surface area contributed by atoms with Gasteiger partial charge in [-0.15, -0.1) is 0 Å². The Hall–Kier alpha value is -0.830. The number of aliphatic hydroxyl groups excluding tert-OH is 1. The molecule has 1 N–H and O–H groups in total. The van der Waals surface area contributed by atoms with Gasteiger partial charge in [-0.3, -0.25) is 4.79 Å². The van der Waals surface area contributed by atoms with Crippen LogP contribution >= 0.6 is 0 Å². The van der Waals surface area contributed by atoms with Crippen molar-refractivity contribution in [3.63, 3.8) is 0 Å². The molecule has 1 aliphatic heterocycles. The maximum Gasteiger partial charge on any atom is 0.306 e. The van der Waals surface area contributed by atoms with Gasteiger partial charge >= 0.3 is 5.97 Å². The molecule has 3 heteroatoms. The van der Waals surface area contributed by atoms with E-state index in [1.807, 2.05) is 0 Å². The zero-order valence-electron chi connectivity index (χ0n) is 10.5. The molecule has 2 fully saturated rings. The van der Waals surface area contributed by atoms with Crippen LogP contribution in [0.25, 0.3) is 0 Å². The predicted octanol–water partition coefficient (Wildman–Crippen LogP) is 2.19. The van der Waals surface area contributed by atoms with Gasteiger partial charge in [0.15, 0.2) is 0 Å². The first-order valence-corrected chi connectivity index (χ1v) is 6.60. The van der Waals surface area contributed by atoms with Gasteiger partial charge in [-0.2, -0.15) is 0 Å². The van der Waals surface area contributed by atoms with Crippen LogP contribution in [-0.2, 0) is 9.53 Å². The summed E-state index contributed by atoms with van der Waals surface area (Å²) in [6.07, 6.45) is 4.01. The highest BCUT2D eigenvalue weighted by molar-refractivity contribution is 5.73. The second-order valence-corrected chi connectivity index (χ2v) is 6.08. The average molecular weight is 236 g/mol.